The van der Waals surface area contributed by atoms with E-state index in [9.17, 15) is 4.79 Å². The van der Waals surface area contributed by atoms with Gasteiger partial charge in [-0.1, -0.05) is 31.4 Å². The van der Waals surface area contributed by atoms with Gasteiger partial charge >= 0.3 is 0 Å². The second kappa shape index (κ2) is 7.02. The van der Waals surface area contributed by atoms with Crippen molar-refractivity contribution in [3.63, 3.8) is 0 Å². The quantitative estimate of drug-likeness (QED) is 0.856. The van der Waals surface area contributed by atoms with E-state index < -0.39 is 0 Å². The lowest BCUT2D eigenvalue weighted by molar-refractivity contribution is 0.0937. The average Bonchev–Trinajstić information content (AvgIpc) is 2.29. The molecule has 0 saturated heterocycles. The van der Waals surface area contributed by atoms with Crippen molar-refractivity contribution in [1.82, 2.24) is 5.32 Å². The number of carbonyl (C=O) groups is 1. The molecule has 2 nitrogen and oxygen atoms in total. The van der Waals surface area contributed by atoms with E-state index in [-0.39, 0.29) is 11.9 Å². The molecule has 4 heteroatoms. The fraction of sp³-hybridized carbons (Fsp3) is 0.462. The molecule has 0 aromatic heterocycles. The van der Waals surface area contributed by atoms with Gasteiger partial charge in [0.05, 0.1) is 5.56 Å². The Morgan fingerprint density at radius 1 is 1.53 bits per heavy atom. The second-order valence-corrected chi connectivity index (χ2v) is 5.43. The van der Waals surface area contributed by atoms with Crippen LogP contribution in [0.1, 0.15) is 43.5 Å². The van der Waals surface area contributed by atoms with E-state index in [2.05, 4.69) is 28.2 Å². The van der Waals surface area contributed by atoms with E-state index in [0.717, 1.165) is 23.7 Å². The standard InChI is InChI=1S/C13H17BrClNO/c1-3-4-5-9(2)16-13(17)11-8-10(15)6-7-12(11)14/h6-9H,3-5H2,1-2H3,(H,16,17). The van der Waals surface area contributed by atoms with E-state index in [0.29, 0.717) is 10.6 Å². The van der Waals surface area contributed by atoms with Crippen LogP contribution in [0.3, 0.4) is 0 Å². The van der Waals surface area contributed by atoms with Gasteiger partial charge in [0.1, 0.15) is 0 Å². The van der Waals surface area contributed by atoms with E-state index in [4.69, 9.17) is 11.6 Å². The van der Waals surface area contributed by atoms with Crippen LogP contribution in [0.2, 0.25) is 5.02 Å². The number of halogens is 2. The second-order valence-electron chi connectivity index (χ2n) is 4.14. The number of unbranched alkanes of at least 4 members (excludes halogenated alkanes) is 1. The molecule has 0 aliphatic heterocycles. The molecule has 0 fully saturated rings. The zero-order valence-electron chi connectivity index (χ0n) is 10.1. The molecule has 0 bridgehead atoms. The molecular weight excluding hydrogens is 302 g/mol. The molecule has 0 radical (unpaired) electrons. The highest BCUT2D eigenvalue weighted by Crippen LogP contribution is 2.21. The molecule has 1 aromatic carbocycles. The Labute approximate surface area is 116 Å². The van der Waals surface area contributed by atoms with Gasteiger partial charge in [-0.05, 0) is 47.5 Å². The van der Waals surface area contributed by atoms with Crippen molar-refractivity contribution in [2.45, 2.75) is 39.2 Å². The molecule has 17 heavy (non-hydrogen) atoms. The summed E-state index contributed by atoms with van der Waals surface area (Å²) in [6, 6.07) is 5.40. The Morgan fingerprint density at radius 3 is 2.88 bits per heavy atom. The van der Waals surface area contributed by atoms with Crippen LogP contribution in [0.15, 0.2) is 22.7 Å². The summed E-state index contributed by atoms with van der Waals surface area (Å²) in [6.07, 6.45) is 3.26. The van der Waals surface area contributed by atoms with Crippen LogP contribution in [0.5, 0.6) is 0 Å². The molecule has 94 valence electrons. The molecule has 1 unspecified atom stereocenters. The van der Waals surface area contributed by atoms with Crippen LogP contribution in [0.25, 0.3) is 0 Å². The lowest BCUT2D eigenvalue weighted by Gasteiger charge is -2.14. The predicted octanol–water partition coefficient (Wildman–Crippen LogP) is 4.41. The lowest BCUT2D eigenvalue weighted by Crippen LogP contribution is -2.32. The van der Waals surface area contributed by atoms with Crippen molar-refractivity contribution in [1.29, 1.82) is 0 Å². The summed E-state index contributed by atoms with van der Waals surface area (Å²) >= 11 is 9.23. The fourth-order valence-corrected chi connectivity index (χ4v) is 2.15. The number of nitrogens with one attached hydrogen (secondary N) is 1. The average molecular weight is 319 g/mol. The molecule has 1 atom stereocenters. The number of hydrogen-bond donors (Lipinski definition) is 1. The van der Waals surface area contributed by atoms with Gasteiger partial charge in [0.2, 0.25) is 0 Å². The van der Waals surface area contributed by atoms with E-state index in [1.807, 2.05) is 6.92 Å². The van der Waals surface area contributed by atoms with Crippen LogP contribution in [-0.2, 0) is 0 Å². The molecule has 1 aromatic rings. The molecule has 1 N–H and O–H groups in total. The first kappa shape index (κ1) is 14.5. The van der Waals surface area contributed by atoms with Crippen molar-refractivity contribution in [2.75, 3.05) is 0 Å². The number of amides is 1. The molecule has 1 amide bonds. The van der Waals surface area contributed by atoms with Crippen molar-refractivity contribution in [3.05, 3.63) is 33.3 Å². The third-order valence-electron chi connectivity index (χ3n) is 2.54. The normalized spacial score (nSPS) is 12.2. The van der Waals surface area contributed by atoms with Gasteiger partial charge in [0.15, 0.2) is 0 Å². The maximum atomic E-state index is 12.0. The summed E-state index contributed by atoms with van der Waals surface area (Å²) in [5, 5.41) is 3.54. The molecular formula is C13H17BrClNO. The summed E-state index contributed by atoms with van der Waals surface area (Å²) in [4.78, 5) is 12.0. The van der Waals surface area contributed by atoms with Crippen molar-refractivity contribution < 1.29 is 4.79 Å². The third-order valence-corrected chi connectivity index (χ3v) is 3.47. The van der Waals surface area contributed by atoms with E-state index in [1.165, 1.54) is 0 Å². The Bertz CT molecular complexity index is 395. The summed E-state index contributed by atoms with van der Waals surface area (Å²) in [5.74, 6) is -0.0806. The SMILES string of the molecule is CCCCC(C)NC(=O)c1cc(Cl)ccc1Br. The molecule has 0 heterocycles. The van der Waals surface area contributed by atoms with Crippen LogP contribution < -0.4 is 5.32 Å². The Kier molecular flexibility index (Phi) is 6.00. The predicted molar refractivity (Wildman–Crippen MR) is 75.6 cm³/mol. The maximum Gasteiger partial charge on any atom is 0.252 e. The highest BCUT2D eigenvalue weighted by molar-refractivity contribution is 9.10. The molecule has 0 aliphatic carbocycles. The van der Waals surface area contributed by atoms with E-state index >= 15 is 0 Å². The van der Waals surface area contributed by atoms with Gasteiger partial charge in [-0.25, -0.2) is 0 Å². The zero-order valence-corrected chi connectivity index (χ0v) is 12.4. The van der Waals surface area contributed by atoms with Gasteiger partial charge in [0, 0.05) is 15.5 Å². The van der Waals surface area contributed by atoms with Gasteiger partial charge in [-0.15, -0.1) is 0 Å². The monoisotopic (exact) mass is 317 g/mol. The first-order chi connectivity index (χ1) is 8.04. The lowest BCUT2D eigenvalue weighted by atomic mass is 10.1. The van der Waals surface area contributed by atoms with Crippen LogP contribution in [0, 0.1) is 0 Å². The number of carbonyl (C=O) groups excluding carboxylic acids is 1. The van der Waals surface area contributed by atoms with Gasteiger partial charge in [-0.3, -0.25) is 4.79 Å². The largest absolute Gasteiger partial charge is 0.350 e. The van der Waals surface area contributed by atoms with E-state index in [1.54, 1.807) is 18.2 Å². The zero-order chi connectivity index (χ0) is 12.8. The first-order valence-electron chi connectivity index (χ1n) is 5.80. The van der Waals surface area contributed by atoms with Crippen LogP contribution in [-0.4, -0.2) is 11.9 Å². The minimum Gasteiger partial charge on any atom is -0.350 e. The minimum atomic E-state index is -0.0806. The fourth-order valence-electron chi connectivity index (χ4n) is 1.56. The summed E-state index contributed by atoms with van der Waals surface area (Å²) in [6.45, 7) is 4.16. The highest BCUT2D eigenvalue weighted by Gasteiger charge is 2.12. The Morgan fingerprint density at radius 2 is 2.24 bits per heavy atom. The highest BCUT2D eigenvalue weighted by atomic mass is 79.9. The topological polar surface area (TPSA) is 29.1 Å². The Hall–Kier alpha value is -0.540. The van der Waals surface area contributed by atoms with Gasteiger partial charge in [-0.2, -0.15) is 0 Å². The number of benzene rings is 1. The third kappa shape index (κ3) is 4.68. The van der Waals surface area contributed by atoms with Gasteiger partial charge < -0.3 is 5.32 Å². The number of rotatable bonds is 5. The molecule has 0 aliphatic rings. The van der Waals surface area contributed by atoms with Crippen molar-refractivity contribution in [3.8, 4) is 0 Å². The first-order valence-corrected chi connectivity index (χ1v) is 6.97. The maximum absolute atomic E-state index is 12.0. The van der Waals surface area contributed by atoms with Crippen molar-refractivity contribution >= 4 is 33.4 Å². The summed E-state index contributed by atoms with van der Waals surface area (Å²) in [7, 11) is 0. The molecule has 0 spiro atoms. The minimum absolute atomic E-state index is 0.0806. The van der Waals surface area contributed by atoms with Crippen LogP contribution >= 0.6 is 27.5 Å². The van der Waals surface area contributed by atoms with Gasteiger partial charge in [0.25, 0.3) is 5.91 Å². The van der Waals surface area contributed by atoms with Crippen molar-refractivity contribution in [2.24, 2.45) is 0 Å². The molecule has 1 rings (SSSR count). The summed E-state index contributed by atoms with van der Waals surface area (Å²) < 4.78 is 0.766. The Balaban J connectivity index is 2.66. The molecule has 0 saturated carbocycles. The smallest absolute Gasteiger partial charge is 0.252 e. The summed E-state index contributed by atoms with van der Waals surface area (Å²) in [5.41, 5.74) is 0.584. The number of hydrogen-bond acceptors (Lipinski definition) is 1. The van der Waals surface area contributed by atoms with Crippen LogP contribution in [0.4, 0.5) is 0 Å².